The van der Waals surface area contributed by atoms with Crippen LogP contribution in [0.5, 0.6) is 0 Å². The van der Waals surface area contributed by atoms with E-state index in [2.05, 4.69) is 9.97 Å². The van der Waals surface area contributed by atoms with Gasteiger partial charge < -0.3 is 0 Å². The molecule has 0 saturated heterocycles. The van der Waals surface area contributed by atoms with Crippen molar-refractivity contribution in [2.24, 2.45) is 0 Å². The Morgan fingerprint density at radius 3 is 2.48 bits per heavy atom. The molecular weight excluding hydrogens is 356 g/mol. The van der Waals surface area contributed by atoms with Crippen LogP contribution in [0.15, 0.2) is 53.4 Å². The summed E-state index contributed by atoms with van der Waals surface area (Å²) in [6.45, 7) is 2.01. The van der Waals surface area contributed by atoms with Crippen molar-refractivity contribution in [2.45, 2.75) is 18.2 Å². The molecule has 1 aliphatic rings. The Balaban J connectivity index is 1.99. The highest BCUT2D eigenvalue weighted by atomic mass is 35.5. The lowest BCUT2D eigenvalue weighted by atomic mass is 10.0. The summed E-state index contributed by atoms with van der Waals surface area (Å²) in [5.74, 6) is 0.502. The highest BCUT2D eigenvalue weighted by Crippen LogP contribution is 2.36. The summed E-state index contributed by atoms with van der Waals surface area (Å²) >= 11 is 6.41. The van der Waals surface area contributed by atoms with Gasteiger partial charge in [-0.25, -0.2) is 18.4 Å². The molecule has 0 spiro atoms. The molecule has 0 atom stereocenters. The summed E-state index contributed by atoms with van der Waals surface area (Å²) < 4.78 is 25.1. The molecule has 2 heterocycles. The standard InChI is InChI=1S/C19H15ClN2O2S/c1-12-6-8-13(9-7-12)19-21-17-14-4-2-3-5-16(14)25(23,24)11-10-15(17)18(20)22-19/h2-9H,10-11H2,1H3. The van der Waals surface area contributed by atoms with Crippen molar-refractivity contribution in [3.63, 3.8) is 0 Å². The predicted octanol–water partition coefficient (Wildman–Crippen LogP) is 4.10. The summed E-state index contributed by atoms with van der Waals surface area (Å²) in [6, 6.07) is 14.8. The summed E-state index contributed by atoms with van der Waals surface area (Å²) in [5.41, 5.74) is 3.87. The van der Waals surface area contributed by atoms with Gasteiger partial charge in [0.25, 0.3) is 0 Å². The SMILES string of the molecule is Cc1ccc(-c2nc(Cl)c3c(n2)-c2ccccc2S(=O)(=O)CC3)cc1. The van der Waals surface area contributed by atoms with Gasteiger partial charge in [0, 0.05) is 16.7 Å². The maximum atomic E-state index is 12.6. The average Bonchev–Trinajstić information content (AvgIpc) is 2.71. The third-order valence-electron chi connectivity index (χ3n) is 4.36. The Kier molecular flexibility index (Phi) is 3.85. The molecule has 0 unspecified atom stereocenters. The number of aromatic nitrogens is 2. The van der Waals surface area contributed by atoms with E-state index in [1.54, 1.807) is 18.2 Å². The average molecular weight is 371 g/mol. The molecule has 0 bridgehead atoms. The number of hydrogen-bond donors (Lipinski definition) is 0. The summed E-state index contributed by atoms with van der Waals surface area (Å²) in [7, 11) is -3.37. The molecule has 0 saturated carbocycles. The van der Waals surface area contributed by atoms with E-state index < -0.39 is 9.84 Å². The molecule has 1 aliphatic heterocycles. The lowest BCUT2D eigenvalue weighted by molar-refractivity contribution is 0.596. The summed E-state index contributed by atoms with van der Waals surface area (Å²) in [6.07, 6.45) is 0.305. The largest absolute Gasteiger partial charge is 0.228 e. The predicted molar refractivity (Wildman–Crippen MR) is 98.4 cm³/mol. The number of hydrogen-bond acceptors (Lipinski definition) is 4. The first-order chi connectivity index (χ1) is 12.0. The fourth-order valence-electron chi connectivity index (χ4n) is 3.01. The van der Waals surface area contributed by atoms with Crippen LogP contribution < -0.4 is 0 Å². The second-order valence-electron chi connectivity index (χ2n) is 6.10. The molecule has 0 fully saturated rings. The lowest BCUT2D eigenvalue weighted by Crippen LogP contribution is -2.07. The van der Waals surface area contributed by atoms with Crippen LogP contribution in [-0.4, -0.2) is 24.1 Å². The lowest BCUT2D eigenvalue weighted by Gasteiger charge is -2.11. The van der Waals surface area contributed by atoms with Crippen LogP contribution in [-0.2, 0) is 16.3 Å². The number of fused-ring (bicyclic) bond motifs is 3. The first kappa shape index (κ1) is 16.2. The van der Waals surface area contributed by atoms with Crippen LogP contribution in [0, 0.1) is 6.92 Å². The van der Waals surface area contributed by atoms with Gasteiger partial charge in [-0.2, -0.15) is 0 Å². The van der Waals surface area contributed by atoms with E-state index in [4.69, 9.17) is 11.6 Å². The van der Waals surface area contributed by atoms with Crippen LogP contribution in [0.1, 0.15) is 11.1 Å². The van der Waals surface area contributed by atoms with Crippen molar-refractivity contribution in [2.75, 3.05) is 5.75 Å². The monoisotopic (exact) mass is 370 g/mol. The van der Waals surface area contributed by atoms with Crippen molar-refractivity contribution in [3.8, 4) is 22.6 Å². The molecule has 4 nitrogen and oxygen atoms in total. The number of halogens is 1. The third-order valence-corrected chi connectivity index (χ3v) is 6.44. The molecule has 0 amide bonds. The Labute approximate surface area is 151 Å². The van der Waals surface area contributed by atoms with Gasteiger partial charge in [0.2, 0.25) is 0 Å². The zero-order valence-electron chi connectivity index (χ0n) is 13.5. The molecule has 6 heteroatoms. The van der Waals surface area contributed by atoms with E-state index in [1.807, 2.05) is 37.3 Å². The molecule has 4 rings (SSSR count). The zero-order chi connectivity index (χ0) is 17.6. The maximum Gasteiger partial charge on any atom is 0.179 e. The molecule has 1 aromatic heterocycles. The fraction of sp³-hybridized carbons (Fsp3) is 0.158. The summed E-state index contributed by atoms with van der Waals surface area (Å²) in [5, 5.41) is 0.312. The quantitative estimate of drug-likeness (QED) is 0.605. The molecule has 0 aliphatic carbocycles. The van der Waals surface area contributed by atoms with Crippen molar-refractivity contribution in [1.29, 1.82) is 0 Å². The minimum atomic E-state index is -3.37. The van der Waals surface area contributed by atoms with Crippen LogP contribution in [0.3, 0.4) is 0 Å². The molecule has 0 N–H and O–H groups in total. The van der Waals surface area contributed by atoms with Gasteiger partial charge in [0.1, 0.15) is 5.15 Å². The highest BCUT2D eigenvalue weighted by Gasteiger charge is 2.28. The Morgan fingerprint density at radius 2 is 1.72 bits per heavy atom. The van der Waals surface area contributed by atoms with Crippen molar-refractivity contribution >= 4 is 21.4 Å². The van der Waals surface area contributed by atoms with Gasteiger partial charge >= 0.3 is 0 Å². The number of rotatable bonds is 1. The topological polar surface area (TPSA) is 59.9 Å². The number of nitrogens with zero attached hydrogens (tertiary/aromatic N) is 2. The van der Waals surface area contributed by atoms with Crippen LogP contribution >= 0.6 is 11.6 Å². The van der Waals surface area contributed by atoms with Crippen LogP contribution in [0.4, 0.5) is 0 Å². The first-order valence-corrected chi connectivity index (χ1v) is 9.94. The second-order valence-corrected chi connectivity index (χ2v) is 8.53. The number of sulfone groups is 1. The first-order valence-electron chi connectivity index (χ1n) is 7.91. The van der Waals surface area contributed by atoms with E-state index >= 15 is 0 Å². The van der Waals surface area contributed by atoms with Crippen molar-refractivity contribution < 1.29 is 8.42 Å². The smallest absolute Gasteiger partial charge is 0.179 e. The Hall–Kier alpha value is -2.24. The Morgan fingerprint density at radius 1 is 1.00 bits per heavy atom. The van der Waals surface area contributed by atoms with E-state index in [9.17, 15) is 8.42 Å². The number of benzene rings is 2. The molecule has 0 radical (unpaired) electrons. The van der Waals surface area contributed by atoms with Gasteiger partial charge in [0.05, 0.1) is 16.3 Å². The van der Waals surface area contributed by atoms with E-state index in [-0.39, 0.29) is 5.75 Å². The van der Waals surface area contributed by atoms with Gasteiger partial charge in [-0.15, -0.1) is 0 Å². The van der Waals surface area contributed by atoms with Gasteiger partial charge in [-0.1, -0.05) is 59.6 Å². The van der Waals surface area contributed by atoms with Gasteiger partial charge in [-0.3, -0.25) is 0 Å². The van der Waals surface area contributed by atoms with E-state index in [1.165, 1.54) is 0 Å². The minimum absolute atomic E-state index is 0.00394. The fourth-order valence-corrected chi connectivity index (χ4v) is 4.75. The van der Waals surface area contributed by atoms with Crippen molar-refractivity contribution in [3.05, 3.63) is 64.8 Å². The van der Waals surface area contributed by atoms with E-state index in [0.29, 0.717) is 39.1 Å². The number of aryl methyl sites for hydroxylation is 1. The second kappa shape index (κ2) is 5.93. The molecule has 25 heavy (non-hydrogen) atoms. The van der Waals surface area contributed by atoms with Crippen LogP contribution in [0.2, 0.25) is 5.15 Å². The normalized spacial score (nSPS) is 15.1. The zero-order valence-corrected chi connectivity index (χ0v) is 15.1. The Bertz CT molecular complexity index is 1080. The molecule has 3 aromatic rings. The molecular formula is C19H15ClN2O2S. The molecule has 126 valence electrons. The van der Waals surface area contributed by atoms with Gasteiger partial charge in [0.15, 0.2) is 15.7 Å². The summed E-state index contributed by atoms with van der Waals surface area (Å²) in [4.78, 5) is 9.39. The van der Waals surface area contributed by atoms with Gasteiger partial charge in [-0.05, 0) is 19.4 Å². The maximum absolute atomic E-state index is 12.6. The minimum Gasteiger partial charge on any atom is -0.228 e. The highest BCUT2D eigenvalue weighted by molar-refractivity contribution is 7.91. The van der Waals surface area contributed by atoms with Crippen LogP contribution in [0.25, 0.3) is 22.6 Å². The van der Waals surface area contributed by atoms with E-state index in [0.717, 1.165) is 11.1 Å². The van der Waals surface area contributed by atoms with Crippen molar-refractivity contribution in [1.82, 2.24) is 9.97 Å². The third kappa shape index (κ3) is 2.83. The molecule has 2 aromatic carbocycles.